The van der Waals surface area contributed by atoms with Gasteiger partial charge in [0.25, 0.3) is 0 Å². The average Bonchev–Trinajstić information content (AvgIpc) is 3.40. The molecule has 9 rings (SSSR count). The molecule has 7 aromatic rings. The number of hydrogen-bond donors (Lipinski definition) is 1. The SMILES string of the molecule is Cc1cccc(-c2cc(C3=CC=CC(C)N3)cc(-n3c4c(c5ccccc53)-c3ccccc3-c3ccccc3N4c3ccccc3)c2)n1. The monoisotopic (exact) mass is 618 g/mol. The summed E-state index contributed by atoms with van der Waals surface area (Å²) in [7, 11) is 0. The summed E-state index contributed by atoms with van der Waals surface area (Å²) in [6, 6.07) is 50.6. The second-order valence-electron chi connectivity index (χ2n) is 12.6. The van der Waals surface area contributed by atoms with Crippen molar-refractivity contribution in [1.82, 2.24) is 14.9 Å². The number of para-hydroxylation sites is 3. The molecule has 0 aliphatic carbocycles. The summed E-state index contributed by atoms with van der Waals surface area (Å²) in [5.74, 6) is 1.11. The molecule has 2 aliphatic heterocycles. The molecular weight excluding hydrogens is 585 g/mol. The largest absolute Gasteiger partial charge is 0.379 e. The highest BCUT2D eigenvalue weighted by Gasteiger charge is 2.32. The first kappa shape index (κ1) is 28.1. The minimum atomic E-state index is 0.236. The molecule has 1 unspecified atom stereocenters. The van der Waals surface area contributed by atoms with E-state index < -0.39 is 0 Å². The Balaban J connectivity index is 1.43. The Kier molecular flexibility index (Phi) is 6.61. The van der Waals surface area contributed by atoms with Gasteiger partial charge in [-0.05, 0) is 85.6 Å². The molecule has 2 aliphatic rings. The van der Waals surface area contributed by atoms with E-state index in [9.17, 15) is 0 Å². The quantitative estimate of drug-likeness (QED) is 0.213. The summed E-state index contributed by atoms with van der Waals surface area (Å²) in [4.78, 5) is 7.43. The Labute approximate surface area is 281 Å². The molecule has 4 nitrogen and oxygen atoms in total. The molecule has 0 radical (unpaired) electrons. The van der Waals surface area contributed by atoms with Gasteiger partial charge >= 0.3 is 0 Å². The van der Waals surface area contributed by atoms with Gasteiger partial charge in [-0.3, -0.25) is 14.5 Å². The van der Waals surface area contributed by atoms with Gasteiger partial charge in [0.1, 0.15) is 5.82 Å². The third-order valence-electron chi connectivity index (χ3n) is 9.42. The van der Waals surface area contributed by atoms with E-state index in [-0.39, 0.29) is 6.04 Å². The van der Waals surface area contributed by atoms with Crippen molar-refractivity contribution in [3.05, 3.63) is 169 Å². The molecule has 4 heteroatoms. The average molecular weight is 619 g/mol. The number of aromatic nitrogens is 2. The Hall–Kier alpha value is -6.13. The van der Waals surface area contributed by atoms with Crippen molar-refractivity contribution in [3.63, 3.8) is 0 Å². The maximum absolute atomic E-state index is 4.98. The van der Waals surface area contributed by atoms with E-state index in [4.69, 9.17) is 4.98 Å². The Morgan fingerprint density at radius 1 is 0.646 bits per heavy atom. The Morgan fingerprint density at radius 2 is 1.38 bits per heavy atom. The van der Waals surface area contributed by atoms with Gasteiger partial charge in [-0.2, -0.15) is 0 Å². The number of fused-ring (bicyclic) bond motifs is 7. The fourth-order valence-electron chi connectivity index (χ4n) is 7.34. The second-order valence-corrected chi connectivity index (χ2v) is 12.6. The number of nitrogens with one attached hydrogen (secondary N) is 1. The lowest BCUT2D eigenvalue weighted by Crippen LogP contribution is -2.24. The molecule has 0 saturated carbocycles. The van der Waals surface area contributed by atoms with Crippen molar-refractivity contribution in [2.75, 3.05) is 4.90 Å². The fourth-order valence-corrected chi connectivity index (χ4v) is 7.34. The minimum absolute atomic E-state index is 0.236. The van der Waals surface area contributed by atoms with Crippen LogP contribution >= 0.6 is 0 Å². The molecule has 0 fully saturated rings. The zero-order chi connectivity index (χ0) is 32.2. The van der Waals surface area contributed by atoms with Crippen LogP contribution in [0.5, 0.6) is 0 Å². The summed E-state index contributed by atoms with van der Waals surface area (Å²) >= 11 is 0. The van der Waals surface area contributed by atoms with E-state index in [0.717, 1.165) is 56.6 Å². The van der Waals surface area contributed by atoms with Gasteiger partial charge in [0.15, 0.2) is 0 Å². The summed E-state index contributed by atoms with van der Waals surface area (Å²) in [5.41, 5.74) is 14.6. The topological polar surface area (TPSA) is 33.1 Å². The molecule has 230 valence electrons. The van der Waals surface area contributed by atoms with E-state index in [1.165, 1.54) is 27.6 Å². The van der Waals surface area contributed by atoms with E-state index in [2.05, 4.69) is 186 Å². The molecule has 0 saturated heterocycles. The predicted molar refractivity (Wildman–Crippen MR) is 200 cm³/mol. The number of benzene rings is 5. The lowest BCUT2D eigenvalue weighted by Gasteiger charge is -2.28. The maximum Gasteiger partial charge on any atom is 0.131 e. The van der Waals surface area contributed by atoms with E-state index in [1.54, 1.807) is 0 Å². The van der Waals surface area contributed by atoms with Crippen LogP contribution in [-0.4, -0.2) is 15.6 Å². The van der Waals surface area contributed by atoms with Gasteiger partial charge in [-0.15, -0.1) is 0 Å². The van der Waals surface area contributed by atoms with Crippen LogP contribution in [0.2, 0.25) is 0 Å². The van der Waals surface area contributed by atoms with Gasteiger partial charge in [-0.25, -0.2) is 0 Å². The lowest BCUT2D eigenvalue weighted by atomic mass is 9.94. The standard InChI is InChI=1S/C44H34N4/c1-29-14-12-22-39(45-29)31-26-32(40-23-13-15-30(2)46-40)28-34(27-31)48-42-25-11-9-21-38(42)43-37-20-7-6-18-35(37)36-19-8-10-24-41(36)47(44(43)48)33-16-4-3-5-17-33/h3-29,45H,1-2H3. The number of aryl methyl sites for hydroxylation is 1. The van der Waals surface area contributed by atoms with Crippen molar-refractivity contribution >= 4 is 33.8 Å². The van der Waals surface area contributed by atoms with Crippen LogP contribution in [0.25, 0.3) is 55.8 Å². The summed E-state index contributed by atoms with van der Waals surface area (Å²) in [6.07, 6.45) is 6.50. The molecule has 1 N–H and O–H groups in total. The molecule has 0 bridgehead atoms. The van der Waals surface area contributed by atoms with Crippen LogP contribution in [0.15, 0.2) is 158 Å². The fraction of sp³-hybridized carbons (Fsp3) is 0.0682. The van der Waals surface area contributed by atoms with Crippen LogP contribution in [-0.2, 0) is 0 Å². The van der Waals surface area contributed by atoms with Crippen molar-refractivity contribution in [3.8, 4) is 39.2 Å². The number of anilines is 3. The van der Waals surface area contributed by atoms with Crippen molar-refractivity contribution in [2.45, 2.75) is 19.9 Å². The maximum atomic E-state index is 4.98. The highest BCUT2D eigenvalue weighted by Crippen LogP contribution is 2.54. The molecule has 0 amide bonds. The van der Waals surface area contributed by atoms with Crippen LogP contribution in [0.3, 0.4) is 0 Å². The van der Waals surface area contributed by atoms with E-state index in [1.807, 2.05) is 0 Å². The summed E-state index contributed by atoms with van der Waals surface area (Å²) < 4.78 is 2.46. The minimum Gasteiger partial charge on any atom is -0.379 e. The normalized spacial score (nSPS) is 14.8. The number of allylic oxidation sites excluding steroid dienone is 2. The van der Waals surface area contributed by atoms with Crippen LogP contribution in [0.1, 0.15) is 18.2 Å². The first-order valence-electron chi connectivity index (χ1n) is 16.6. The third-order valence-corrected chi connectivity index (χ3v) is 9.42. The van der Waals surface area contributed by atoms with Crippen molar-refractivity contribution < 1.29 is 0 Å². The summed E-state index contributed by atoms with van der Waals surface area (Å²) in [6.45, 7) is 4.24. The Morgan fingerprint density at radius 3 is 2.21 bits per heavy atom. The van der Waals surface area contributed by atoms with Crippen LogP contribution in [0, 0.1) is 6.92 Å². The van der Waals surface area contributed by atoms with Crippen molar-refractivity contribution in [2.24, 2.45) is 0 Å². The zero-order valence-corrected chi connectivity index (χ0v) is 26.9. The van der Waals surface area contributed by atoms with E-state index in [0.29, 0.717) is 0 Å². The first-order valence-corrected chi connectivity index (χ1v) is 16.6. The number of hydrogen-bond acceptors (Lipinski definition) is 3. The smallest absolute Gasteiger partial charge is 0.131 e. The number of nitrogens with zero attached hydrogens (tertiary/aromatic N) is 3. The Bertz CT molecular complexity index is 2410. The third kappa shape index (κ3) is 4.57. The van der Waals surface area contributed by atoms with Gasteiger partial charge in [0.05, 0.1) is 16.9 Å². The molecule has 4 heterocycles. The molecule has 48 heavy (non-hydrogen) atoms. The second kappa shape index (κ2) is 11.3. The molecule has 0 spiro atoms. The van der Waals surface area contributed by atoms with Gasteiger partial charge in [-0.1, -0.05) is 97.1 Å². The lowest BCUT2D eigenvalue weighted by molar-refractivity contribution is 0.778. The summed E-state index contributed by atoms with van der Waals surface area (Å²) in [5, 5.41) is 4.91. The van der Waals surface area contributed by atoms with Gasteiger partial charge < -0.3 is 5.32 Å². The molecule has 5 aromatic carbocycles. The zero-order valence-electron chi connectivity index (χ0n) is 26.9. The molecular formula is C44H34N4. The molecule has 2 aromatic heterocycles. The van der Waals surface area contributed by atoms with Gasteiger partial charge in [0, 0.05) is 56.4 Å². The number of dihydropyridines is 1. The number of pyridine rings is 1. The van der Waals surface area contributed by atoms with Crippen LogP contribution in [0.4, 0.5) is 17.2 Å². The van der Waals surface area contributed by atoms with Gasteiger partial charge in [0.2, 0.25) is 0 Å². The highest BCUT2D eigenvalue weighted by atomic mass is 15.3. The first-order chi connectivity index (χ1) is 23.6. The van der Waals surface area contributed by atoms with Crippen LogP contribution < -0.4 is 10.2 Å². The number of rotatable bonds is 4. The van der Waals surface area contributed by atoms with E-state index >= 15 is 0 Å². The molecule has 1 atom stereocenters. The highest BCUT2D eigenvalue weighted by molar-refractivity contribution is 6.13. The predicted octanol–water partition coefficient (Wildman–Crippen LogP) is 11.0. The van der Waals surface area contributed by atoms with Crippen molar-refractivity contribution in [1.29, 1.82) is 0 Å².